The standard InChI is InChI=1S/C16H15BrN4O2/c1-23-10-9-21-8-7-19-16(21)20-15(22)12-4-5-13(17)11-3-2-6-18-14(11)12/h2-8H,9-10H2,1H3,(H,19,20,22). The molecule has 0 radical (unpaired) electrons. The number of nitrogens with zero attached hydrogens (tertiary/aromatic N) is 3. The Labute approximate surface area is 141 Å². The van der Waals surface area contributed by atoms with Crippen molar-refractivity contribution in [2.75, 3.05) is 19.0 Å². The van der Waals surface area contributed by atoms with E-state index in [0.717, 1.165) is 9.86 Å². The number of benzene rings is 1. The third kappa shape index (κ3) is 3.25. The zero-order valence-electron chi connectivity index (χ0n) is 12.5. The highest BCUT2D eigenvalue weighted by Gasteiger charge is 2.15. The van der Waals surface area contributed by atoms with Crippen LogP contribution in [0.15, 0.2) is 47.3 Å². The topological polar surface area (TPSA) is 69.0 Å². The Morgan fingerprint density at radius 3 is 3.00 bits per heavy atom. The molecular weight excluding hydrogens is 360 g/mol. The Bertz CT molecular complexity index is 847. The van der Waals surface area contributed by atoms with Gasteiger partial charge >= 0.3 is 0 Å². The number of aromatic nitrogens is 3. The first kappa shape index (κ1) is 15.6. The Morgan fingerprint density at radius 2 is 2.17 bits per heavy atom. The molecule has 118 valence electrons. The molecule has 6 nitrogen and oxygen atoms in total. The molecule has 1 amide bonds. The van der Waals surface area contributed by atoms with Crippen LogP contribution in [0, 0.1) is 0 Å². The quantitative estimate of drug-likeness (QED) is 0.744. The SMILES string of the molecule is COCCn1ccnc1NC(=O)c1ccc(Br)c2cccnc12. The van der Waals surface area contributed by atoms with E-state index < -0.39 is 0 Å². The van der Waals surface area contributed by atoms with E-state index in [1.54, 1.807) is 31.8 Å². The first-order chi connectivity index (χ1) is 11.2. The van der Waals surface area contributed by atoms with E-state index >= 15 is 0 Å². The van der Waals surface area contributed by atoms with Crippen molar-refractivity contribution in [2.45, 2.75) is 6.54 Å². The van der Waals surface area contributed by atoms with Crippen LogP contribution < -0.4 is 5.32 Å². The van der Waals surface area contributed by atoms with Crippen molar-refractivity contribution < 1.29 is 9.53 Å². The Hall–Kier alpha value is -2.25. The van der Waals surface area contributed by atoms with Gasteiger partial charge in [-0.3, -0.25) is 15.1 Å². The number of halogens is 1. The van der Waals surface area contributed by atoms with Crippen molar-refractivity contribution in [1.82, 2.24) is 14.5 Å². The Morgan fingerprint density at radius 1 is 1.30 bits per heavy atom. The van der Waals surface area contributed by atoms with Crippen LogP contribution in [0.2, 0.25) is 0 Å². The fraction of sp³-hybridized carbons (Fsp3) is 0.188. The van der Waals surface area contributed by atoms with Gasteiger partial charge in [0, 0.05) is 42.1 Å². The van der Waals surface area contributed by atoms with Gasteiger partial charge in [0.15, 0.2) is 0 Å². The average molecular weight is 375 g/mol. The lowest BCUT2D eigenvalue weighted by atomic mass is 10.1. The molecule has 0 unspecified atom stereocenters. The first-order valence-electron chi connectivity index (χ1n) is 7.05. The molecular formula is C16H15BrN4O2. The molecule has 0 saturated heterocycles. The number of anilines is 1. The summed E-state index contributed by atoms with van der Waals surface area (Å²) in [4.78, 5) is 21.1. The van der Waals surface area contributed by atoms with Crippen LogP contribution in [0.4, 0.5) is 5.95 Å². The molecule has 7 heteroatoms. The Balaban J connectivity index is 1.90. The summed E-state index contributed by atoms with van der Waals surface area (Å²) >= 11 is 3.48. The molecule has 0 aliphatic rings. The van der Waals surface area contributed by atoms with Gasteiger partial charge in [0.05, 0.1) is 17.7 Å². The monoisotopic (exact) mass is 374 g/mol. The predicted molar refractivity (Wildman–Crippen MR) is 91.5 cm³/mol. The molecule has 0 aliphatic carbocycles. The van der Waals surface area contributed by atoms with Crippen LogP contribution in [-0.2, 0) is 11.3 Å². The number of amides is 1. The highest BCUT2D eigenvalue weighted by molar-refractivity contribution is 9.10. The van der Waals surface area contributed by atoms with E-state index in [1.165, 1.54) is 0 Å². The van der Waals surface area contributed by atoms with E-state index in [4.69, 9.17) is 4.74 Å². The molecule has 0 atom stereocenters. The zero-order valence-corrected chi connectivity index (χ0v) is 14.1. The van der Waals surface area contributed by atoms with Gasteiger partial charge in [0.1, 0.15) is 0 Å². The molecule has 1 aromatic carbocycles. The van der Waals surface area contributed by atoms with Crippen LogP contribution in [0.25, 0.3) is 10.9 Å². The van der Waals surface area contributed by atoms with Crippen molar-refractivity contribution in [2.24, 2.45) is 0 Å². The van der Waals surface area contributed by atoms with Gasteiger partial charge in [-0.05, 0) is 18.2 Å². The number of methoxy groups -OCH3 is 1. The van der Waals surface area contributed by atoms with Gasteiger partial charge in [-0.2, -0.15) is 0 Å². The number of carbonyl (C=O) groups excluding carboxylic acids is 1. The minimum absolute atomic E-state index is 0.244. The molecule has 3 aromatic rings. The number of carbonyl (C=O) groups is 1. The molecule has 0 saturated carbocycles. The van der Waals surface area contributed by atoms with E-state index in [1.807, 2.05) is 22.8 Å². The van der Waals surface area contributed by atoms with Gasteiger partial charge in [0.2, 0.25) is 5.95 Å². The van der Waals surface area contributed by atoms with Crippen molar-refractivity contribution >= 4 is 38.7 Å². The number of pyridine rings is 1. The molecule has 2 heterocycles. The summed E-state index contributed by atoms with van der Waals surface area (Å²) in [5, 5.41) is 3.72. The minimum Gasteiger partial charge on any atom is -0.383 e. The van der Waals surface area contributed by atoms with Crippen LogP contribution in [0.1, 0.15) is 10.4 Å². The van der Waals surface area contributed by atoms with Gasteiger partial charge in [0.25, 0.3) is 5.91 Å². The highest BCUT2D eigenvalue weighted by atomic mass is 79.9. The summed E-state index contributed by atoms with van der Waals surface area (Å²) in [6.45, 7) is 1.16. The summed E-state index contributed by atoms with van der Waals surface area (Å²) in [6.07, 6.45) is 5.11. The van der Waals surface area contributed by atoms with Crippen molar-refractivity contribution in [3.8, 4) is 0 Å². The maximum atomic E-state index is 12.6. The largest absolute Gasteiger partial charge is 0.383 e. The molecule has 1 N–H and O–H groups in total. The maximum Gasteiger partial charge on any atom is 0.260 e. The zero-order chi connectivity index (χ0) is 16.2. The summed E-state index contributed by atoms with van der Waals surface area (Å²) in [5.41, 5.74) is 1.15. The van der Waals surface area contributed by atoms with Gasteiger partial charge in [-0.25, -0.2) is 4.98 Å². The second-order valence-corrected chi connectivity index (χ2v) is 5.74. The third-order valence-electron chi connectivity index (χ3n) is 3.44. The lowest BCUT2D eigenvalue weighted by Gasteiger charge is -2.10. The smallest absolute Gasteiger partial charge is 0.260 e. The lowest BCUT2D eigenvalue weighted by Crippen LogP contribution is -2.17. The summed E-state index contributed by atoms with van der Waals surface area (Å²) in [6, 6.07) is 7.35. The fourth-order valence-corrected chi connectivity index (χ4v) is 2.75. The van der Waals surface area contributed by atoms with Gasteiger partial charge in [-0.15, -0.1) is 0 Å². The molecule has 0 aliphatic heterocycles. The van der Waals surface area contributed by atoms with E-state index in [2.05, 4.69) is 31.2 Å². The molecule has 3 rings (SSSR count). The molecule has 0 spiro atoms. The highest BCUT2D eigenvalue weighted by Crippen LogP contribution is 2.25. The van der Waals surface area contributed by atoms with Gasteiger partial charge < -0.3 is 9.30 Å². The van der Waals surface area contributed by atoms with E-state index in [9.17, 15) is 4.79 Å². The molecule has 0 fully saturated rings. The number of rotatable bonds is 5. The molecule has 0 bridgehead atoms. The predicted octanol–water partition coefficient (Wildman–Crippen LogP) is 3.09. The number of ether oxygens (including phenoxy) is 1. The van der Waals surface area contributed by atoms with Crippen molar-refractivity contribution in [1.29, 1.82) is 0 Å². The van der Waals surface area contributed by atoms with Gasteiger partial charge in [-0.1, -0.05) is 22.0 Å². The van der Waals surface area contributed by atoms with Crippen LogP contribution in [-0.4, -0.2) is 34.2 Å². The van der Waals surface area contributed by atoms with Crippen molar-refractivity contribution in [3.63, 3.8) is 0 Å². The lowest BCUT2D eigenvalue weighted by molar-refractivity contribution is 0.102. The summed E-state index contributed by atoms with van der Waals surface area (Å²) < 4.78 is 7.78. The second kappa shape index (κ2) is 6.89. The summed E-state index contributed by atoms with van der Waals surface area (Å²) in [5.74, 6) is 0.241. The Kier molecular flexibility index (Phi) is 4.68. The average Bonchev–Trinajstić information content (AvgIpc) is 3.00. The maximum absolute atomic E-state index is 12.6. The first-order valence-corrected chi connectivity index (χ1v) is 7.84. The molecule has 23 heavy (non-hydrogen) atoms. The van der Waals surface area contributed by atoms with Crippen LogP contribution in [0.3, 0.4) is 0 Å². The fourth-order valence-electron chi connectivity index (χ4n) is 2.29. The normalized spacial score (nSPS) is 10.9. The number of hydrogen-bond acceptors (Lipinski definition) is 4. The molecule has 2 aromatic heterocycles. The van der Waals surface area contributed by atoms with E-state index in [0.29, 0.717) is 30.2 Å². The van der Waals surface area contributed by atoms with Crippen molar-refractivity contribution in [3.05, 3.63) is 52.9 Å². The number of hydrogen-bond donors (Lipinski definition) is 1. The van der Waals surface area contributed by atoms with Crippen LogP contribution in [0.5, 0.6) is 0 Å². The number of nitrogens with one attached hydrogen (secondary N) is 1. The van der Waals surface area contributed by atoms with E-state index in [-0.39, 0.29) is 5.91 Å². The third-order valence-corrected chi connectivity index (χ3v) is 4.13. The number of fused-ring (bicyclic) bond motifs is 1. The number of imidazole rings is 1. The second-order valence-electron chi connectivity index (χ2n) is 4.89. The summed E-state index contributed by atoms with van der Waals surface area (Å²) in [7, 11) is 1.63. The van der Waals surface area contributed by atoms with Crippen LogP contribution >= 0.6 is 15.9 Å². The minimum atomic E-state index is -0.244.